The Morgan fingerprint density at radius 2 is 2.31 bits per heavy atom. The van der Waals surface area contributed by atoms with Gasteiger partial charge in [0.15, 0.2) is 0 Å². The molecule has 1 aromatic heterocycles. The van der Waals surface area contributed by atoms with Crippen molar-refractivity contribution < 1.29 is 9.59 Å². The Labute approximate surface area is 93.2 Å². The highest BCUT2D eigenvalue weighted by Crippen LogP contribution is 2.05. The Bertz CT molecular complexity index is 413. The lowest BCUT2D eigenvalue weighted by molar-refractivity contribution is -0.120. The molecule has 1 aliphatic rings. The van der Waals surface area contributed by atoms with E-state index in [1.807, 2.05) is 0 Å². The lowest BCUT2D eigenvalue weighted by Crippen LogP contribution is -2.35. The number of nitrogens with zero attached hydrogens (tertiary/aromatic N) is 3. The molecule has 86 valence electrons. The molecule has 6 heteroatoms. The van der Waals surface area contributed by atoms with E-state index in [0.29, 0.717) is 31.7 Å². The Hall–Kier alpha value is -1.85. The third kappa shape index (κ3) is 2.05. The summed E-state index contributed by atoms with van der Waals surface area (Å²) in [4.78, 5) is 24.9. The fourth-order valence-electron chi connectivity index (χ4n) is 1.72. The van der Waals surface area contributed by atoms with Crippen molar-refractivity contribution in [2.45, 2.75) is 6.42 Å². The van der Waals surface area contributed by atoms with Gasteiger partial charge in [0.1, 0.15) is 5.69 Å². The predicted molar refractivity (Wildman–Crippen MR) is 56.7 cm³/mol. The molecule has 0 bridgehead atoms. The molecule has 0 saturated carbocycles. The van der Waals surface area contributed by atoms with Crippen LogP contribution in [0.3, 0.4) is 0 Å². The number of amides is 2. The molecule has 0 radical (unpaired) electrons. The molecule has 2 rings (SSSR count). The number of aromatic nitrogens is 2. The quantitative estimate of drug-likeness (QED) is 0.688. The van der Waals surface area contributed by atoms with Crippen molar-refractivity contribution in [1.82, 2.24) is 20.0 Å². The monoisotopic (exact) mass is 222 g/mol. The van der Waals surface area contributed by atoms with Gasteiger partial charge in [-0.25, -0.2) is 0 Å². The first kappa shape index (κ1) is 10.7. The maximum atomic E-state index is 12.1. The molecule has 0 spiro atoms. The number of hydrogen-bond donors (Lipinski definition) is 1. The lowest BCUT2D eigenvalue weighted by atomic mass is 10.3. The molecule has 1 aromatic rings. The summed E-state index contributed by atoms with van der Waals surface area (Å²) >= 11 is 0. The molecule has 6 nitrogen and oxygen atoms in total. The third-order valence-electron chi connectivity index (χ3n) is 2.64. The van der Waals surface area contributed by atoms with Crippen LogP contribution in [0.4, 0.5) is 0 Å². The maximum Gasteiger partial charge on any atom is 0.272 e. The van der Waals surface area contributed by atoms with Gasteiger partial charge in [0.25, 0.3) is 5.91 Å². The normalized spacial score (nSPS) is 16.8. The fourth-order valence-corrected chi connectivity index (χ4v) is 1.72. The van der Waals surface area contributed by atoms with E-state index in [4.69, 9.17) is 0 Å². The van der Waals surface area contributed by atoms with Crippen LogP contribution >= 0.6 is 0 Å². The van der Waals surface area contributed by atoms with Crippen LogP contribution in [0, 0.1) is 0 Å². The molecule has 0 aromatic carbocycles. The summed E-state index contributed by atoms with van der Waals surface area (Å²) < 4.78 is 1.54. The Morgan fingerprint density at radius 1 is 1.50 bits per heavy atom. The van der Waals surface area contributed by atoms with Gasteiger partial charge in [-0.05, 0) is 6.07 Å². The summed E-state index contributed by atoms with van der Waals surface area (Å²) in [5.74, 6) is -0.0724. The second kappa shape index (κ2) is 4.34. The summed E-state index contributed by atoms with van der Waals surface area (Å²) in [6.45, 7) is 1.54. The van der Waals surface area contributed by atoms with Crippen LogP contribution in [0.5, 0.6) is 0 Å². The third-order valence-corrected chi connectivity index (χ3v) is 2.64. The van der Waals surface area contributed by atoms with E-state index in [-0.39, 0.29) is 11.8 Å². The van der Waals surface area contributed by atoms with Crippen LogP contribution in [-0.2, 0) is 11.8 Å². The average molecular weight is 222 g/mol. The number of carbonyl (C=O) groups excluding carboxylic acids is 2. The van der Waals surface area contributed by atoms with Gasteiger partial charge in [-0.3, -0.25) is 14.3 Å². The van der Waals surface area contributed by atoms with E-state index >= 15 is 0 Å². The number of carbonyl (C=O) groups is 2. The molecule has 1 N–H and O–H groups in total. The molecule has 0 unspecified atom stereocenters. The topological polar surface area (TPSA) is 67.2 Å². The van der Waals surface area contributed by atoms with Crippen LogP contribution in [0.2, 0.25) is 0 Å². The number of aryl methyl sites for hydroxylation is 1. The van der Waals surface area contributed by atoms with Crippen molar-refractivity contribution >= 4 is 11.8 Å². The van der Waals surface area contributed by atoms with Gasteiger partial charge in [0.2, 0.25) is 5.91 Å². The van der Waals surface area contributed by atoms with Crippen LogP contribution in [0.1, 0.15) is 16.9 Å². The first-order valence-electron chi connectivity index (χ1n) is 5.22. The van der Waals surface area contributed by atoms with Crippen molar-refractivity contribution in [1.29, 1.82) is 0 Å². The highest BCUT2D eigenvalue weighted by molar-refractivity contribution is 5.93. The smallest absolute Gasteiger partial charge is 0.272 e. The van der Waals surface area contributed by atoms with Crippen LogP contribution in [-0.4, -0.2) is 46.1 Å². The molecule has 0 atom stereocenters. The molecule has 1 saturated heterocycles. The zero-order valence-electron chi connectivity index (χ0n) is 9.14. The van der Waals surface area contributed by atoms with Crippen molar-refractivity contribution in [3.8, 4) is 0 Å². The highest BCUT2D eigenvalue weighted by atomic mass is 16.2. The second-order valence-corrected chi connectivity index (χ2v) is 3.73. The summed E-state index contributed by atoms with van der Waals surface area (Å²) in [6, 6.07) is 1.68. The molecular formula is C10H14N4O2. The SMILES string of the molecule is Cn1nccc1C(=O)N1CCNC(=O)CC1. The largest absolute Gasteiger partial charge is 0.354 e. The van der Waals surface area contributed by atoms with Crippen molar-refractivity contribution in [2.24, 2.45) is 7.05 Å². The van der Waals surface area contributed by atoms with Crippen LogP contribution in [0.25, 0.3) is 0 Å². The molecule has 1 fully saturated rings. The maximum absolute atomic E-state index is 12.1. The van der Waals surface area contributed by atoms with Crippen molar-refractivity contribution in [3.05, 3.63) is 18.0 Å². The zero-order valence-corrected chi connectivity index (χ0v) is 9.14. The number of hydrogen-bond acceptors (Lipinski definition) is 3. The van der Waals surface area contributed by atoms with Gasteiger partial charge < -0.3 is 10.2 Å². The summed E-state index contributed by atoms with van der Waals surface area (Å²) in [5, 5.41) is 6.69. The fraction of sp³-hybridized carbons (Fsp3) is 0.500. The molecule has 1 aliphatic heterocycles. The zero-order chi connectivity index (χ0) is 11.5. The Balaban J connectivity index is 2.10. The lowest BCUT2D eigenvalue weighted by Gasteiger charge is -2.19. The molecule has 16 heavy (non-hydrogen) atoms. The molecular weight excluding hydrogens is 208 g/mol. The second-order valence-electron chi connectivity index (χ2n) is 3.73. The minimum Gasteiger partial charge on any atom is -0.354 e. The van der Waals surface area contributed by atoms with E-state index in [1.54, 1.807) is 28.9 Å². The van der Waals surface area contributed by atoms with Gasteiger partial charge in [-0.2, -0.15) is 5.10 Å². The average Bonchev–Trinajstić information content (AvgIpc) is 2.56. The summed E-state index contributed by atoms with van der Waals surface area (Å²) in [7, 11) is 1.73. The first-order chi connectivity index (χ1) is 7.68. The van der Waals surface area contributed by atoms with E-state index in [2.05, 4.69) is 10.4 Å². The number of nitrogens with one attached hydrogen (secondary N) is 1. The van der Waals surface area contributed by atoms with E-state index < -0.39 is 0 Å². The highest BCUT2D eigenvalue weighted by Gasteiger charge is 2.21. The Kier molecular flexibility index (Phi) is 2.89. The van der Waals surface area contributed by atoms with Gasteiger partial charge in [0, 0.05) is 39.3 Å². The van der Waals surface area contributed by atoms with Crippen LogP contribution < -0.4 is 5.32 Å². The van der Waals surface area contributed by atoms with E-state index in [0.717, 1.165) is 0 Å². The van der Waals surface area contributed by atoms with Gasteiger partial charge in [-0.1, -0.05) is 0 Å². The first-order valence-corrected chi connectivity index (χ1v) is 5.22. The minimum absolute atomic E-state index is 0.000283. The predicted octanol–water partition coefficient (Wildman–Crippen LogP) is -0.618. The van der Waals surface area contributed by atoms with Crippen molar-refractivity contribution in [3.63, 3.8) is 0 Å². The van der Waals surface area contributed by atoms with Crippen LogP contribution in [0.15, 0.2) is 12.3 Å². The van der Waals surface area contributed by atoms with E-state index in [1.165, 1.54) is 0 Å². The van der Waals surface area contributed by atoms with Crippen molar-refractivity contribution in [2.75, 3.05) is 19.6 Å². The molecule has 2 amide bonds. The van der Waals surface area contributed by atoms with Gasteiger partial charge in [-0.15, -0.1) is 0 Å². The van der Waals surface area contributed by atoms with E-state index in [9.17, 15) is 9.59 Å². The van der Waals surface area contributed by atoms with Gasteiger partial charge >= 0.3 is 0 Å². The molecule has 0 aliphatic carbocycles. The number of rotatable bonds is 1. The Morgan fingerprint density at radius 3 is 3.00 bits per heavy atom. The summed E-state index contributed by atoms with van der Waals surface area (Å²) in [6.07, 6.45) is 1.96. The van der Waals surface area contributed by atoms with Gasteiger partial charge in [0.05, 0.1) is 0 Å². The minimum atomic E-state index is -0.0727. The summed E-state index contributed by atoms with van der Waals surface area (Å²) in [5.41, 5.74) is 0.550. The standard InChI is InChI=1S/C10H14N4O2/c1-13-8(2-4-12-13)10(16)14-6-3-9(15)11-5-7-14/h2,4H,3,5-7H2,1H3,(H,11,15). The molecule has 2 heterocycles.